The number of hydrogen-bond acceptors (Lipinski definition) is 6. The predicted octanol–water partition coefficient (Wildman–Crippen LogP) is 5.91. The SMILES string of the molecule is COc1ccc([C@H]2[C@H](C(=O)Nc3ccc(Cl)cc3)N3N=Cc4ccccc4C3C23C(=O)c2ccccc2C3=O)cc1. The van der Waals surface area contributed by atoms with Crippen LogP contribution in [0.1, 0.15) is 49.4 Å². The zero-order valence-electron chi connectivity index (χ0n) is 22.0. The molecule has 2 heterocycles. The Balaban J connectivity index is 1.48. The average Bonchev–Trinajstić information content (AvgIpc) is 3.44. The number of benzene rings is 4. The number of carbonyl (C=O) groups excluding carboxylic acids is 3. The molecular formula is C33H24ClN3O4. The molecular weight excluding hydrogens is 538 g/mol. The fourth-order valence-corrected chi connectivity index (χ4v) is 6.84. The minimum atomic E-state index is -1.63. The van der Waals surface area contributed by atoms with Crippen molar-refractivity contribution >= 4 is 41.0 Å². The lowest BCUT2D eigenvalue weighted by Crippen LogP contribution is -2.44. The van der Waals surface area contributed by atoms with E-state index in [0.29, 0.717) is 33.1 Å². The van der Waals surface area contributed by atoms with Crippen molar-refractivity contribution in [2.75, 3.05) is 12.4 Å². The summed E-state index contributed by atoms with van der Waals surface area (Å²) in [5, 5.41) is 9.93. The van der Waals surface area contributed by atoms with E-state index in [2.05, 4.69) is 5.32 Å². The standard InChI is InChI=1S/C33H24ClN3O4/c1-41-23-16-10-19(11-17-23)27-28(32(40)36-22-14-12-21(34)13-15-22)37-29(24-7-3-2-6-20(24)18-35-37)33(27)30(38)25-8-4-5-9-26(25)31(33)39/h2-18,27-29H,1H3,(H,36,40)/t27-,28+,29?/m0/s1. The van der Waals surface area contributed by atoms with Crippen LogP contribution in [0.15, 0.2) is 102 Å². The molecule has 41 heavy (non-hydrogen) atoms. The molecule has 1 aliphatic carbocycles. The maximum absolute atomic E-state index is 14.7. The van der Waals surface area contributed by atoms with Crippen molar-refractivity contribution in [2.45, 2.75) is 18.0 Å². The van der Waals surface area contributed by atoms with Crippen LogP contribution in [0.3, 0.4) is 0 Å². The molecule has 1 spiro atoms. The molecule has 0 bridgehead atoms. The third kappa shape index (κ3) is 3.59. The first kappa shape index (κ1) is 25.2. The van der Waals surface area contributed by atoms with Gasteiger partial charge in [0.05, 0.1) is 19.4 Å². The lowest BCUT2D eigenvalue weighted by Gasteiger charge is -2.36. The summed E-state index contributed by atoms with van der Waals surface area (Å²) < 4.78 is 5.39. The average molecular weight is 562 g/mol. The molecule has 0 radical (unpaired) electrons. The number of fused-ring (bicyclic) bond motifs is 5. The summed E-state index contributed by atoms with van der Waals surface area (Å²) in [6.07, 6.45) is 1.69. The third-order valence-corrected chi connectivity index (χ3v) is 8.68. The van der Waals surface area contributed by atoms with Gasteiger partial charge in [-0.15, -0.1) is 0 Å². The number of rotatable bonds is 4. The van der Waals surface area contributed by atoms with E-state index in [1.807, 2.05) is 36.4 Å². The van der Waals surface area contributed by atoms with Crippen LogP contribution < -0.4 is 10.1 Å². The molecule has 0 aromatic heterocycles. The highest BCUT2D eigenvalue weighted by Crippen LogP contribution is 2.64. The van der Waals surface area contributed by atoms with E-state index in [4.69, 9.17) is 21.4 Å². The van der Waals surface area contributed by atoms with Crippen molar-refractivity contribution < 1.29 is 19.1 Å². The van der Waals surface area contributed by atoms with Gasteiger partial charge in [0.25, 0.3) is 0 Å². The van der Waals surface area contributed by atoms with E-state index >= 15 is 0 Å². The van der Waals surface area contributed by atoms with E-state index < -0.39 is 23.4 Å². The predicted molar refractivity (Wildman–Crippen MR) is 156 cm³/mol. The number of ketones is 2. The number of nitrogens with zero attached hydrogens (tertiary/aromatic N) is 2. The van der Waals surface area contributed by atoms with Gasteiger partial charge in [-0.2, -0.15) is 5.10 Å². The van der Waals surface area contributed by atoms with E-state index in [1.54, 1.807) is 79.0 Å². The Bertz CT molecular complexity index is 1710. The van der Waals surface area contributed by atoms with Crippen LogP contribution >= 0.6 is 11.6 Å². The molecule has 0 saturated carbocycles. The smallest absolute Gasteiger partial charge is 0.249 e. The fourth-order valence-electron chi connectivity index (χ4n) is 6.71. The fraction of sp³-hybridized carbons (Fsp3) is 0.152. The quantitative estimate of drug-likeness (QED) is 0.313. The summed E-state index contributed by atoms with van der Waals surface area (Å²) in [6, 6.07) is 26.7. The van der Waals surface area contributed by atoms with Crippen LogP contribution in [0.4, 0.5) is 5.69 Å². The van der Waals surface area contributed by atoms with Crippen molar-refractivity contribution in [3.8, 4) is 5.75 Å². The maximum atomic E-state index is 14.7. The van der Waals surface area contributed by atoms with Gasteiger partial charge in [-0.25, -0.2) is 0 Å². The highest BCUT2D eigenvalue weighted by molar-refractivity contribution is 6.31. The highest BCUT2D eigenvalue weighted by atomic mass is 35.5. The summed E-state index contributed by atoms with van der Waals surface area (Å²) in [7, 11) is 1.57. The van der Waals surface area contributed by atoms with Crippen LogP contribution in [0.25, 0.3) is 0 Å². The number of Topliss-reactive ketones (excluding diaryl/α,β-unsaturated/α-hetero) is 2. The van der Waals surface area contributed by atoms with E-state index in [9.17, 15) is 14.4 Å². The first-order valence-electron chi connectivity index (χ1n) is 13.3. The number of amides is 1. The monoisotopic (exact) mass is 561 g/mol. The van der Waals surface area contributed by atoms with Crippen molar-refractivity contribution in [2.24, 2.45) is 10.5 Å². The molecule has 1 unspecified atom stereocenters. The Morgan fingerprint density at radius 3 is 2.17 bits per heavy atom. The molecule has 202 valence electrons. The second-order valence-corrected chi connectivity index (χ2v) is 10.9. The molecule has 1 amide bonds. The normalized spacial score (nSPS) is 21.4. The molecule has 7 rings (SSSR count). The molecule has 1 saturated heterocycles. The van der Waals surface area contributed by atoms with Crippen LogP contribution in [-0.4, -0.2) is 41.8 Å². The Morgan fingerprint density at radius 2 is 1.51 bits per heavy atom. The van der Waals surface area contributed by atoms with Gasteiger partial charge in [0.2, 0.25) is 5.91 Å². The first-order chi connectivity index (χ1) is 19.9. The molecule has 4 aromatic rings. The molecule has 4 aromatic carbocycles. The number of anilines is 1. The van der Waals surface area contributed by atoms with Crippen molar-refractivity contribution in [3.05, 3.63) is 130 Å². The van der Waals surface area contributed by atoms with E-state index in [-0.39, 0.29) is 17.5 Å². The Kier molecular flexibility index (Phi) is 5.80. The second kappa shape index (κ2) is 9.42. The highest BCUT2D eigenvalue weighted by Gasteiger charge is 2.72. The summed E-state index contributed by atoms with van der Waals surface area (Å²) in [5.74, 6) is -1.23. The second-order valence-electron chi connectivity index (χ2n) is 10.4. The van der Waals surface area contributed by atoms with Crippen molar-refractivity contribution in [1.29, 1.82) is 0 Å². The summed E-state index contributed by atoms with van der Waals surface area (Å²) in [5.41, 5.74) is 1.88. The number of halogens is 1. The summed E-state index contributed by atoms with van der Waals surface area (Å²) >= 11 is 6.08. The molecule has 3 aliphatic rings. The molecule has 8 heteroatoms. The van der Waals surface area contributed by atoms with Gasteiger partial charge >= 0.3 is 0 Å². The molecule has 2 aliphatic heterocycles. The largest absolute Gasteiger partial charge is 0.497 e. The Labute approximate surface area is 241 Å². The van der Waals surface area contributed by atoms with Crippen LogP contribution in [0.2, 0.25) is 5.02 Å². The summed E-state index contributed by atoms with van der Waals surface area (Å²) in [4.78, 5) is 43.7. The Hall–Kier alpha value is -4.75. The number of hydrazone groups is 1. The minimum Gasteiger partial charge on any atom is -0.497 e. The van der Waals surface area contributed by atoms with E-state index in [0.717, 1.165) is 11.1 Å². The molecule has 7 nitrogen and oxygen atoms in total. The van der Waals surface area contributed by atoms with Crippen LogP contribution in [0, 0.1) is 5.41 Å². The minimum absolute atomic E-state index is 0.303. The van der Waals surface area contributed by atoms with Gasteiger partial charge in [0, 0.05) is 27.8 Å². The lowest BCUT2D eigenvalue weighted by molar-refractivity contribution is -0.121. The molecule has 3 atom stereocenters. The van der Waals surface area contributed by atoms with Crippen LogP contribution in [-0.2, 0) is 4.79 Å². The van der Waals surface area contributed by atoms with Crippen molar-refractivity contribution in [1.82, 2.24) is 5.01 Å². The zero-order valence-corrected chi connectivity index (χ0v) is 22.7. The lowest BCUT2D eigenvalue weighted by atomic mass is 9.63. The topological polar surface area (TPSA) is 88.1 Å². The van der Waals surface area contributed by atoms with Crippen molar-refractivity contribution in [3.63, 3.8) is 0 Å². The molecule has 1 fully saturated rings. The Morgan fingerprint density at radius 1 is 0.878 bits per heavy atom. The zero-order chi connectivity index (χ0) is 28.3. The van der Waals surface area contributed by atoms with Crippen LogP contribution in [0.5, 0.6) is 5.75 Å². The van der Waals surface area contributed by atoms with Gasteiger partial charge in [0.1, 0.15) is 17.2 Å². The number of nitrogens with one attached hydrogen (secondary N) is 1. The van der Waals surface area contributed by atoms with Gasteiger partial charge in [-0.1, -0.05) is 72.3 Å². The third-order valence-electron chi connectivity index (χ3n) is 8.43. The van der Waals surface area contributed by atoms with Gasteiger partial charge in [-0.05, 0) is 53.1 Å². The number of ether oxygens (including phenoxy) is 1. The number of carbonyl (C=O) groups is 3. The summed E-state index contributed by atoms with van der Waals surface area (Å²) in [6.45, 7) is 0. The maximum Gasteiger partial charge on any atom is 0.249 e. The van der Waals surface area contributed by atoms with E-state index in [1.165, 1.54) is 0 Å². The van der Waals surface area contributed by atoms with Gasteiger partial charge < -0.3 is 10.1 Å². The van der Waals surface area contributed by atoms with Gasteiger partial charge in [-0.3, -0.25) is 19.4 Å². The number of methoxy groups -OCH3 is 1. The van der Waals surface area contributed by atoms with Gasteiger partial charge in [0.15, 0.2) is 11.6 Å². The number of hydrogen-bond donors (Lipinski definition) is 1. The first-order valence-corrected chi connectivity index (χ1v) is 13.6. The molecule has 1 N–H and O–H groups in total.